The lowest BCUT2D eigenvalue weighted by Crippen LogP contribution is -2.53. The Bertz CT molecular complexity index is 700. The third kappa shape index (κ3) is 5.11. The molecular weight excluding hydrogens is 400 g/mol. The van der Waals surface area contributed by atoms with Crippen molar-refractivity contribution in [3.8, 4) is 0 Å². The Morgan fingerprint density at radius 3 is 2.70 bits per heavy atom. The van der Waals surface area contributed by atoms with E-state index in [1.54, 1.807) is 11.8 Å². The molecule has 0 aromatic carbocycles. The number of thioether (sulfide) groups is 1. The highest BCUT2D eigenvalue weighted by atomic mass is 32.2. The van der Waals surface area contributed by atoms with E-state index in [1.165, 1.54) is 25.7 Å². The summed E-state index contributed by atoms with van der Waals surface area (Å²) in [6.45, 7) is 4.18. The van der Waals surface area contributed by atoms with Crippen molar-refractivity contribution in [2.45, 2.75) is 74.8 Å². The summed E-state index contributed by atoms with van der Waals surface area (Å²) in [5, 5.41) is 13.5. The van der Waals surface area contributed by atoms with Gasteiger partial charge in [-0.2, -0.15) is 0 Å². The second-order valence-electron chi connectivity index (χ2n) is 8.40. The Kier molecular flexibility index (Phi) is 7.89. The van der Waals surface area contributed by atoms with Gasteiger partial charge in [0.15, 0.2) is 11.1 Å². The molecule has 9 heteroatoms. The number of hydrogen-bond donors (Lipinski definition) is 1. The molecular formula is C21H36N6O2S. The molecule has 3 aliphatic rings. The van der Waals surface area contributed by atoms with E-state index in [0.29, 0.717) is 6.04 Å². The first kappa shape index (κ1) is 21.9. The molecule has 8 nitrogen and oxygen atoms in total. The molecule has 30 heavy (non-hydrogen) atoms. The monoisotopic (exact) mass is 436 g/mol. The standard InChI is InChI=1S/C21H36N6O2S/c1-22-20(26-12-14-29-18(15-26)17-9-6-13-28-17)23-11-5-10-19-24-25-21(30-2)27(19)16-7-3-4-8-16/h16-18H,3-15H2,1-2H3,(H,22,23). The lowest BCUT2D eigenvalue weighted by Gasteiger charge is -2.37. The van der Waals surface area contributed by atoms with E-state index in [-0.39, 0.29) is 12.2 Å². The van der Waals surface area contributed by atoms with Gasteiger partial charge in [0.2, 0.25) is 0 Å². The van der Waals surface area contributed by atoms with E-state index in [2.05, 4.69) is 36.2 Å². The van der Waals surface area contributed by atoms with Gasteiger partial charge in [-0.3, -0.25) is 4.99 Å². The molecule has 1 aromatic rings. The highest BCUT2D eigenvalue weighted by Gasteiger charge is 2.32. The van der Waals surface area contributed by atoms with Crippen LogP contribution < -0.4 is 5.32 Å². The summed E-state index contributed by atoms with van der Waals surface area (Å²) in [5.74, 6) is 2.09. The van der Waals surface area contributed by atoms with Crippen molar-refractivity contribution in [1.29, 1.82) is 0 Å². The molecule has 168 valence electrons. The van der Waals surface area contributed by atoms with Crippen LogP contribution in [-0.4, -0.2) is 84.0 Å². The van der Waals surface area contributed by atoms with Gasteiger partial charge in [-0.05, 0) is 38.4 Å². The maximum atomic E-state index is 5.98. The lowest BCUT2D eigenvalue weighted by atomic mass is 10.1. The Balaban J connectivity index is 1.27. The van der Waals surface area contributed by atoms with Gasteiger partial charge in [0.1, 0.15) is 11.9 Å². The van der Waals surface area contributed by atoms with Crippen molar-refractivity contribution in [2.24, 2.45) is 4.99 Å². The predicted octanol–water partition coefficient (Wildman–Crippen LogP) is 2.50. The van der Waals surface area contributed by atoms with Crippen LogP contribution in [0.15, 0.2) is 10.1 Å². The number of guanidine groups is 1. The van der Waals surface area contributed by atoms with Gasteiger partial charge < -0.3 is 24.3 Å². The number of aliphatic imine (C=N–C) groups is 1. The highest BCUT2D eigenvalue weighted by molar-refractivity contribution is 7.98. The minimum Gasteiger partial charge on any atom is -0.375 e. The van der Waals surface area contributed by atoms with Gasteiger partial charge >= 0.3 is 0 Å². The number of hydrogen-bond acceptors (Lipinski definition) is 6. The number of rotatable bonds is 7. The molecule has 1 N–H and O–H groups in total. The molecule has 3 fully saturated rings. The molecule has 4 rings (SSSR count). The summed E-state index contributed by atoms with van der Waals surface area (Å²) in [4.78, 5) is 6.82. The highest BCUT2D eigenvalue weighted by Crippen LogP contribution is 2.33. The van der Waals surface area contributed by atoms with Crippen LogP contribution in [0.25, 0.3) is 0 Å². The van der Waals surface area contributed by atoms with E-state index >= 15 is 0 Å². The molecule has 2 aliphatic heterocycles. The Morgan fingerprint density at radius 2 is 1.97 bits per heavy atom. The first-order valence-electron chi connectivity index (χ1n) is 11.5. The lowest BCUT2D eigenvalue weighted by molar-refractivity contribution is -0.0816. The zero-order chi connectivity index (χ0) is 20.8. The maximum Gasteiger partial charge on any atom is 0.193 e. The summed E-state index contributed by atoms with van der Waals surface area (Å²) in [6, 6.07) is 0.585. The van der Waals surface area contributed by atoms with Gasteiger partial charge in [0.25, 0.3) is 0 Å². The second kappa shape index (κ2) is 10.8. The molecule has 0 radical (unpaired) electrons. The Morgan fingerprint density at radius 1 is 1.13 bits per heavy atom. The first-order valence-corrected chi connectivity index (χ1v) is 12.7. The molecule has 0 spiro atoms. The van der Waals surface area contributed by atoms with Crippen LogP contribution in [0.5, 0.6) is 0 Å². The van der Waals surface area contributed by atoms with Crippen molar-refractivity contribution in [2.75, 3.05) is 46.2 Å². The van der Waals surface area contributed by atoms with Crippen LogP contribution >= 0.6 is 11.8 Å². The van der Waals surface area contributed by atoms with Crippen LogP contribution in [0, 0.1) is 0 Å². The number of nitrogens with one attached hydrogen (secondary N) is 1. The van der Waals surface area contributed by atoms with Gasteiger partial charge in [0, 0.05) is 45.8 Å². The molecule has 2 unspecified atom stereocenters. The van der Waals surface area contributed by atoms with Crippen LogP contribution in [0.1, 0.15) is 56.8 Å². The Labute approximate surface area is 184 Å². The molecule has 0 bridgehead atoms. The molecule has 1 aliphatic carbocycles. The van der Waals surface area contributed by atoms with E-state index in [1.807, 2.05) is 7.05 Å². The summed E-state index contributed by atoms with van der Waals surface area (Å²) in [7, 11) is 1.86. The number of aryl methyl sites for hydroxylation is 1. The van der Waals surface area contributed by atoms with Crippen molar-refractivity contribution in [3.63, 3.8) is 0 Å². The van der Waals surface area contributed by atoms with Gasteiger partial charge in [-0.25, -0.2) is 0 Å². The number of aromatic nitrogens is 3. The fourth-order valence-electron chi connectivity index (χ4n) is 4.91. The average molecular weight is 437 g/mol. The Hall–Kier alpha value is -1.32. The number of nitrogens with zero attached hydrogens (tertiary/aromatic N) is 5. The van der Waals surface area contributed by atoms with Gasteiger partial charge in [-0.1, -0.05) is 24.6 Å². The van der Waals surface area contributed by atoms with Crippen molar-refractivity contribution in [1.82, 2.24) is 25.0 Å². The molecule has 0 amide bonds. The van der Waals surface area contributed by atoms with Crippen molar-refractivity contribution >= 4 is 17.7 Å². The fourth-order valence-corrected chi connectivity index (χ4v) is 5.49. The minimum absolute atomic E-state index is 0.148. The van der Waals surface area contributed by atoms with Crippen molar-refractivity contribution < 1.29 is 9.47 Å². The van der Waals surface area contributed by atoms with E-state index in [0.717, 1.165) is 75.5 Å². The average Bonchev–Trinajstić information content (AvgIpc) is 3.55. The van der Waals surface area contributed by atoms with Crippen LogP contribution in [0.3, 0.4) is 0 Å². The summed E-state index contributed by atoms with van der Waals surface area (Å²) in [5.41, 5.74) is 0. The third-order valence-electron chi connectivity index (χ3n) is 6.45. The van der Waals surface area contributed by atoms with E-state index in [4.69, 9.17) is 9.47 Å². The van der Waals surface area contributed by atoms with E-state index < -0.39 is 0 Å². The van der Waals surface area contributed by atoms with Crippen LogP contribution in [0.4, 0.5) is 0 Å². The summed E-state index contributed by atoms with van der Waals surface area (Å²) < 4.78 is 14.2. The number of morpholine rings is 1. The second-order valence-corrected chi connectivity index (χ2v) is 9.17. The maximum absolute atomic E-state index is 5.98. The van der Waals surface area contributed by atoms with Crippen LogP contribution in [0.2, 0.25) is 0 Å². The SMILES string of the molecule is CN=C(NCCCc1nnc(SC)n1C1CCCC1)N1CCOC(C2CCCO2)C1. The van der Waals surface area contributed by atoms with Crippen LogP contribution in [-0.2, 0) is 15.9 Å². The molecule has 1 aromatic heterocycles. The van der Waals surface area contributed by atoms with E-state index in [9.17, 15) is 0 Å². The normalized spacial score (nSPS) is 25.9. The zero-order valence-corrected chi connectivity index (χ0v) is 19.2. The smallest absolute Gasteiger partial charge is 0.193 e. The molecule has 2 saturated heterocycles. The van der Waals surface area contributed by atoms with Crippen molar-refractivity contribution in [3.05, 3.63) is 5.82 Å². The summed E-state index contributed by atoms with van der Waals surface area (Å²) >= 11 is 1.71. The number of ether oxygens (including phenoxy) is 2. The molecule has 2 atom stereocenters. The summed E-state index contributed by atoms with van der Waals surface area (Å²) in [6.07, 6.45) is 11.8. The third-order valence-corrected chi connectivity index (χ3v) is 7.10. The zero-order valence-electron chi connectivity index (χ0n) is 18.4. The van der Waals surface area contributed by atoms with Gasteiger partial charge in [-0.15, -0.1) is 10.2 Å². The predicted molar refractivity (Wildman–Crippen MR) is 119 cm³/mol. The fraction of sp³-hybridized carbons (Fsp3) is 0.857. The van der Waals surface area contributed by atoms with Gasteiger partial charge in [0.05, 0.1) is 12.7 Å². The molecule has 3 heterocycles. The quantitative estimate of drug-likeness (QED) is 0.305. The topological polar surface area (TPSA) is 76.8 Å². The molecule has 1 saturated carbocycles. The first-order chi connectivity index (χ1) is 14.8. The minimum atomic E-state index is 0.148. The largest absolute Gasteiger partial charge is 0.375 e.